The van der Waals surface area contributed by atoms with Gasteiger partial charge in [-0.05, 0) is 138 Å². The molecule has 0 aliphatic carbocycles. The van der Waals surface area contributed by atoms with Gasteiger partial charge in [-0.2, -0.15) is 9.97 Å². The minimum atomic E-state index is 0.583. The van der Waals surface area contributed by atoms with Gasteiger partial charge in [0.15, 0.2) is 29.1 Å². The molecule has 0 saturated heterocycles. The maximum atomic E-state index is 5.08. The molecule has 0 aliphatic rings. The molecule has 0 spiro atoms. The molecule has 0 aliphatic heterocycles. The van der Waals surface area contributed by atoms with Crippen LogP contribution in [0.15, 0.2) is 370 Å². The van der Waals surface area contributed by atoms with Crippen LogP contribution in [0.2, 0.25) is 0 Å². The number of hydrogen-bond acceptors (Lipinski definition) is 7. The van der Waals surface area contributed by atoms with E-state index in [1.807, 2.05) is 140 Å². The lowest BCUT2D eigenvalue weighted by Gasteiger charge is -2.12. The van der Waals surface area contributed by atoms with E-state index in [1.54, 1.807) is 0 Å². The Morgan fingerprint density at radius 1 is 0.170 bits per heavy atom. The molecule has 11 heteroatoms. The summed E-state index contributed by atoms with van der Waals surface area (Å²) in [5.41, 5.74) is 21.5. The highest BCUT2D eigenvalue weighted by Crippen LogP contribution is 2.42. The van der Waals surface area contributed by atoms with Crippen LogP contribution in [0.3, 0.4) is 0 Å². The van der Waals surface area contributed by atoms with Gasteiger partial charge in [0.25, 0.3) is 0 Å². The summed E-state index contributed by atoms with van der Waals surface area (Å²) in [6.45, 7) is 0. The number of benzene rings is 14. The molecular weight excluding hydrogens is 1300 g/mol. The fourth-order valence-electron chi connectivity index (χ4n) is 15.3. The molecular formula is C95H61N11. The molecule has 0 fully saturated rings. The Kier molecular flexibility index (Phi) is 14.9. The summed E-state index contributed by atoms with van der Waals surface area (Å²) in [7, 11) is 0. The van der Waals surface area contributed by atoms with Crippen molar-refractivity contribution >= 4 is 87.4 Å². The second-order valence-electron chi connectivity index (χ2n) is 26.5. The smallest absolute Gasteiger partial charge is 0.238 e. The number of nitrogens with zero attached hydrogens (tertiary/aromatic N) is 11. The van der Waals surface area contributed by atoms with Gasteiger partial charge >= 0.3 is 0 Å². The van der Waals surface area contributed by atoms with Crippen LogP contribution < -0.4 is 0 Å². The van der Waals surface area contributed by atoms with Gasteiger partial charge in [-0.25, -0.2) is 24.9 Å². The quantitative estimate of drug-likeness (QED) is 0.127. The molecule has 496 valence electrons. The maximum absolute atomic E-state index is 5.08. The topological polar surface area (TPSA) is 110 Å². The van der Waals surface area contributed by atoms with Crippen molar-refractivity contribution in [2.45, 2.75) is 0 Å². The lowest BCUT2D eigenvalue weighted by Crippen LogP contribution is -2.06. The standard InChI is InChI=1S/C51H33N5.C44H28N6/c1-4-15-34(16-5-1)49-52-50(35-17-6-2-7-18-35)54-51(53-49)38-19-14-22-40(31-38)56-46-26-13-11-24-42(46)44-33-37(28-30-48(44)56)36-27-29-47-43(32-36)41-23-10-12-25-45(41)55(47)39-20-8-3-9-21-39;1-4-13-29(14-5-1)41-46-42(30-15-6-2-7-16-30)48-44(47-41)50-38-21-11-10-19-34(38)36-27-31(23-25-40(36)50)32-22-24-39-37(28-32)35-20-12-26-45-43(35)49(39)33-17-8-3-9-18-33/h1-33H;1-28H. The highest BCUT2D eigenvalue weighted by molar-refractivity contribution is 6.14. The third-order valence-corrected chi connectivity index (χ3v) is 20.2. The van der Waals surface area contributed by atoms with E-state index in [1.165, 1.54) is 49.1 Å². The van der Waals surface area contributed by atoms with Crippen LogP contribution in [0.5, 0.6) is 0 Å². The first-order chi connectivity index (χ1) is 52.6. The van der Waals surface area contributed by atoms with Gasteiger partial charge in [-0.3, -0.25) is 9.13 Å². The van der Waals surface area contributed by atoms with Gasteiger partial charge in [0, 0.05) is 94.2 Å². The SMILES string of the molecule is c1ccc(-c2nc(-c3ccccc3)nc(-c3cccc(-n4c5ccccc5c5cc(-c6ccc7c(c6)c6ccccc6n7-c6ccccc6)ccc54)c3)n2)cc1.c1ccc(-c2nc(-c3ccccc3)nc(-n3c4ccccc4c4cc(-c5ccc6c(c5)c5cccnc5n6-c5ccccc5)ccc43)n2)cc1. The molecule has 0 amide bonds. The Hall–Kier alpha value is -14.6. The Labute approximate surface area is 609 Å². The van der Waals surface area contributed by atoms with Gasteiger partial charge < -0.3 is 9.13 Å². The Morgan fingerprint density at radius 2 is 0.462 bits per heavy atom. The first-order valence-corrected chi connectivity index (χ1v) is 35.5. The van der Waals surface area contributed by atoms with Crippen LogP contribution >= 0.6 is 0 Å². The van der Waals surface area contributed by atoms with Crippen molar-refractivity contribution in [3.8, 4) is 102 Å². The largest absolute Gasteiger partial charge is 0.309 e. The normalized spacial score (nSPS) is 11.6. The van der Waals surface area contributed by atoms with Crippen LogP contribution in [-0.2, 0) is 0 Å². The maximum Gasteiger partial charge on any atom is 0.238 e. The summed E-state index contributed by atoms with van der Waals surface area (Å²) in [5.74, 6) is 3.77. The van der Waals surface area contributed by atoms with Crippen LogP contribution in [0.4, 0.5) is 0 Å². The van der Waals surface area contributed by atoms with E-state index in [0.717, 1.165) is 105 Å². The highest BCUT2D eigenvalue weighted by Gasteiger charge is 2.23. The van der Waals surface area contributed by atoms with Crippen molar-refractivity contribution < 1.29 is 0 Å². The lowest BCUT2D eigenvalue weighted by atomic mass is 10.0. The Bertz CT molecular complexity index is 6810. The number of para-hydroxylation sites is 5. The van der Waals surface area contributed by atoms with E-state index >= 15 is 0 Å². The van der Waals surface area contributed by atoms with E-state index in [2.05, 4.69) is 249 Å². The van der Waals surface area contributed by atoms with Crippen LogP contribution in [-0.4, -0.2) is 53.2 Å². The first kappa shape index (κ1) is 61.3. The van der Waals surface area contributed by atoms with Gasteiger partial charge in [-0.15, -0.1) is 0 Å². The van der Waals surface area contributed by atoms with Gasteiger partial charge in [0.1, 0.15) is 5.65 Å². The molecule has 0 N–H and O–H groups in total. The molecule has 0 atom stereocenters. The van der Waals surface area contributed by atoms with Crippen molar-refractivity contribution in [3.63, 3.8) is 0 Å². The minimum absolute atomic E-state index is 0.583. The van der Waals surface area contributed by atoms with E-state index in [4.69, 9.17) is 34.9 Å². The molecule has 7 heterocycles. The molecule has 0 bridgehead atoms. The lowest BCUT2D eigenvalue weighted by molar-refractivity contribution is 0.953. The summed E-state index contributed by atoms with van der Waals surface area (Å²) in [6.07, 6.45) is 1.86. The molecule has 7 aromatic heterocycles. The minimum Gasteiger partial charge on any atom is -0.309 e. The molecule has 11 nitrogen and oxygen atoms in total. The van der Waals surface area contributed by atoms with E-state index in [0.29, 0.717) is 35.1 Å². The molecule has 14 aromatic carbocycles. The van der Waals surface area contributed by atoms with Crippen molar-refractivity contribution in [2.24, 2.45) is 0 Å². The number of fused-ring (bicyclic) bond motifs is 12. The Balaban J connectivity index is 0.000000141. The molecule has 0 unspecified atom stereocenters. The van der Waals surface area contributed by atoms with Crippen molar-refractivity contribution in [1.82, 2.24) is 53.2 Å². The zero-order valence-corrected chi connectivity index (χ0v) is 57.1. The van der Waals surface area contributed by atoms with E-state index in [-0.39, 0.29) is 0 Å². The predicted molar refractivity (Wildman–Crippen MR) is 433 cm³/mol. The highest BCUT2D eigenvalue weighted by atomic mass is 15.2. The van der Waals surface area contributed by atoms with Crippen LogP contribution in [0.1, 0.15) is 0 Å². The van der Waals surface area contributed by atoms with Crippen LogP contribution in [0.25, 0.3) is 190 Å². The summed E-state index contributed by atoms with van der Waals surface area (Å²) < 4.78 is 9.12. The third-order valence-electron chi connectivity index (χ3n) is 20.2. The molecule has 0 saturated carbocycles. The predicted octanol–water partition coefficient (Wildman–Crippen LogP) is 23.2. The first-order valence-electron chi connectivity index (χ1n) is 35.5. The summed E-state index contributed by atoms with van der Waals surface area (Å²) in [6, 6.07) is 127. The van der Waals surface area contributed by atoms with Crippen LogP contribution in [0, 0.1) is 0 Å². The zero-order valence-electron chi connectivity index (χ0n) is 57.1. The number of hydrogen-bond donors (Lipinski definition) is 0. The van der Waals surface area contributed by atoms with E-state index in [9.17, 15) is 0 Å². The fraction of sp³-hybridized carbons (Fsp3) is 0. The number of pyridine rings is 1. The molecule has 106 heavy (non-hydrogen) atoms. The average Bonchev–Trinajstić information content (AvgIpc) is 1.59. The molecule has 0 radical (unpaired) electrons. The van der Waals surface area contributed by atoms with E-state index < -0.39 is 0 Å². The number of aromatic nitrogens is 11. The molecule has 21 aromatic rings. The van der Waals surface area contributed by atoms with Crippen molar-refractivity contribution in [2.75, 3.05) is 0 Å². The Morgan fingerprint density at radius 3 is 0.896 bits per heavy atom. The zero-order chi connectivity index (χ0) is 70.0. The fourth-order valence-corrected chi connectivity index (χ4v) is 15.3. The second kappa shape index (κ2) is 25.8. The molecule has 21 rings (SSSR count). The van der Waals surface area contributed by atoms with Gasteiger partial charge in [0.2, 0.25) is 5.95 Å². The summed E-state index contributed by atoms with van der Waals surface area (Å²) in [5, 5.41) is 9.46. The van der Waals surface area contributed by atoms with Crippen molar-refractivity contribution in [3.05, 3.63) is 370 Å². The monoisotopic (exact) mass is 1360 g/mol. The van der Waals surface area contributed by atoms with Gasteiger partial charge in [0.05, 0.1) is 38.6 Å². The third kappa shape index (κ3) is 10.7. The van der Waals surface area contributed by atoms with Crippen molar-refractivity contribution in [1.29, 1.82) is 0 Å². The summed E-state index contributed by atoms with van der Waals surface area (Å²) in [4.78, 5) is 34.8. The van der Waals surface area contributed by atoms with Gasteiger partial charge in [-0.1, -0.05) is 249 Å². The summed E-state index contributed by atoms with van der Waals surface area (Å²) >= 11 is 0. The average molecular weight is 1360 g/mol. The second-order valence-corrected chi connectivity index (χ2v) is 26.5. The number of rotatable bonds is 11.